The first-order valence-electron chi connectivity index (χ1n) is 9.15. The highest BCUT2D eigenvalue weighted by atomic mass is 35.5. The molecule has 138 valence electrons. The molecule has 0 radical (unpaired) electrons. The second kappa shape index (κ2) is 9.17. The number of nitrogens with one attached hydrogen (secondary N) is 2. The molecular formula is C21H26ClN3O. The normalized spacial score (nSPS) is 18.6. The van der Waals surface area contributed by atoms with Gasteiger partial charge in [0.2, 0.25) is 5.91 Å². The molecule has 0 aliphatic carbocycles. The van der Waals surface area contributed by atoms with Crippen LogP contribution in [0, 0.1) is 0 Å². The van der Waals surface area contributed by atoms with E-state index in [0.717, 1.165) is 36.6 Å². The summed E-state index contributed by atoms with van der Waals surface area (Å²) < 4.78 is 0. The summed E-state index contributed by atoms with van der Waals surface area (Å²) in [4.78, 5) is 14.6. The average Bonchev–Trinajstić information content (AvgIpc) is 3.07. The van der Waals surface area contributed by atoms with Crippen molar-refractivity contribution in [1.29, 1.82) is 0 Å². The number of hydrogen-bond acceptors (Lipinski definition) is 3. The van der Waals surface area contributed by atoms with E-state index in [1.807, 2.05) is 37.3 Å². The number of carbonyl (C=O) groups is 1. The lowest BCUT2D eigenvalue weighted by Gasteiger charge is -2.18. The van der Waals surface area contributed by atoms with Crippen LogP contribution in [0.25, 0.3) is 0 Å². The fourth-order valence-corrected chi connectivity index (χ4v) is 3.70. The molecule has 2 N–H and O–H groups in total. The summed E-state index contributed by atoms with van der Waals surface area (Å²) in [5.41, 5.74) is 2.33. The molecule has 0 bridgehead atoms. The van der Waals surface area contributed by atoms with Gasteiger partial charge in [0.15, 0.2) is 0 Å². The molecule has 1 fully saturated rings. The molecule has 1 saturated heterocycles. The summed E-state index contributed by atoms with van der Waals surface area (Å²) in [6, 6.07) is 18.4. The number of amides is 1. The van der Waals surface area contributed by atoms with Crippen LogP contribution in [-0.4, -0.2) is 36.5 Å². The van der Waals surface area contributed by atoms with Crippen molar-refractivity contribution in [3.05, 3.63) is 70.7 Å². The lowest BCUT2D eigenvalue weighted by molar-refractivity contribution is -0.121. The first kappa shape index (κ1) is 18.9. The van der Waals surface area contributed by atoms with Crippen LogP contribution in [0.15, 0.2) is 54.6 Å². The minimum atomic E-state index is 0.0348. The number of benzene rings is 2. The number of nitrogens with zero attached hydrogens (tertiary/aromatic N) is 1. The van der Waals surface area contributed by atoms with Gasteiger partial charge in [-0.2, -0.15) is 0 Å². The Morgan fingerprint density at radius 1 is 1.19 bits per heavy atom. The topological polar surface area (TPSA) is 44.4 Å². The Morgan fingerprint density at radius 3 is 2.69 bits per heavy atom. The molecule has 5 heteroatoms. The highest BCUT2D eigenvalue weighted by Crippen LogP contribution is 2.21. The maximum atomic E-state index is 12.3. The highest BCUT2D eigenvalue weighted by molar-refractivity contribution is 6.31. The van der Waals surface area contributed by atoms with Crippen LogP contribution in [0.4, 0.5) is 0 Å². The Morgan fingerprint density at radius 2 is 1.92 bits per heavy atom. The second-order valence-corrected chi connectivity index (χ2v) is 7.31. The summed E-state index contributed by atoms with van der Waals surface area (Å²) >= 11 is 6.21. The third-order valence-electron chi connectivity index (χ3n) is 4.83. The molecule has 0 spiro atoms. The SMILES string of the molecule is C[C@@H](NCC(=O)N[C@@H]1CCN(Cc2ccccc2)C1)c1ccccc1Cl. The first-order valence-corrected chi connectivity index (χ1v) is 9.53. The zero-order valence-electron chi connectivity index (χ0n) is 15.1. The predicted molar refractivity (Wildman–Crippen MR) is 106 cm³/mol. The molecule has 2 aromatic rings. The Bertz CT molecular complexity index is 722. The smallest absolute Gasteiger partial charge is 0.234 e. The first-order chi connectivity index (χ1) is 12.6. The van der Waals surface area contributed by atoms with E-state index in [9.17, 15) is 4.79 Å². The third kappa shape index (κ3) is 5.31. The summed E-state index contributed by atoms with van der Waals surface area (Å²) in [6.45, 7) is 5.17. The van der Waals surface area contributed by atoms with E-state index in [1.54, 1.807) is 0 Å². The van der Waals surface area contributed by atoms with Gasteiger partial charge in [0.1, 0.15) is 0 Å². The molecule has 1 aliphatic heterocycles. The lowest BCUT2D eigenvalue weighted by atomic mass is 10.1. The van der Waals surface area contributed by atoms with Gasteiger partial charge in [0, 0.05) is 36.7 Å². The van der Waals surface area contributed by atoms with Gasteiger partial charge in [-0.3, -0.25) is 9.69 Å². The van der Waals surface area contributed by atoms with Crippen LogP contribution < -0.4 is 10.6 Å². The van der Waals surface area contributed by atoms with Crippen LogP contribution in [0.2, 0.25) is 5.02 Å². The van der Waals surface area contributed by atoms with Crippen LogP contribution in [0.3, 0.4) is 0 Å². The third-order valence-corrected chi connectivity index (χ3v) is 5.17. The summed E-state index contributed by atoms with van der Waals surface area (Å²) in [6.07, 6.45) is 0.999. The molecule has 1 amide bonds. The Labute approximate surface area is 160 Å². The van der Waals surface area contributed by atoms with Crippen molar-refractivity contribution in [3.63, 3.8) is 0 Å². The highest BCUT2D eigenvalue weighted by Gasteiger charge is 2.23. The van der Waals surface area contributed by atoms with E-state index in [0.29, 0.717) is 6.54 Å². The molecule has 0 aromatic heterocycles. The van der Waals surface area contributed by atoms with Crippen molar-refractivity contribution in [1.82, 2.24) is 15.5 Å². The molecule has 0 saturated carbocycles. The van der Waals surface area contributed by atoms with Crippen LogP contribution in [0.5, 0.6) is 0 Å². The molecule has 2 atom stereocenters. The fourth-order valence-electron chi connectivity index (χ4n) is 3.40. The van der Waals surface area contributed by atoms with E-state index in [-0.39, 0.29) is 18.0 Å². The van der Waals surface area contributed by atoms with Gasteiger partial charge < -0.3 is 10.6 Å². The molecule has 3 rings (SSSR count). The molecule has 0 unspecified atom stereocenters. The van der Waals surface area contributed by atoms with Crippen molar-refractivity contribution < 1.29 is 4.79 Å². The number of rotatable bonds is 7. The molecule has 2 aromatic carbocycles. The second-order valence-electron chi connectivity index (χ2n) is 6.90. The van der Waals surface area contributed by atoms with Crippen LogP contribution in [-0.2, 0) is 11.3 Å². The Balaban J connectivity index is 1.41. The van der Waals surface area contributed by atoms with E-state index in [4.69, 9.17) is 11.6 Å². The quantitative estimate of drug-likeness (QED) is 0.784. The minimum absolute atomic E-state index is 0.0348. The van der Waals surface area contributed by atoms with Gasteiger partial charge >= 0.3 is 0 Å². The van der Waals surface area contributed by atoms with E-state index >= 15 is 0 Å². The van der Waals surface area contributed by atoms with Gasteiger partial charge in [-0.15, -0.1) is 0 Å². The van der Waals surface area contributed by atoms with Crippen molar-refractivity contribution in [2.75, 3.05) is 19.6 Å². The number of halogens is 1. The van der Waals surface area contributed by atoms with Crippen molar-refractivity contribution in [2.24, 2.45) is 0 Å². The van der Waals surface area contributed by atoms with Crippen molar-refractivity contribution >= 4 is 17.5 Å². The van der Waals surface area contributed by atoms with Gasteiger partial charge in [0.25, 0.3) is 0 Å². The minimum Gasteiger partial charge on any atom is -0.351 e. The molecule has 26 heavy (non-hydrogen) atoms. The molecular weight excluding hydrogens is 346 g/mol. The number of carbonyl (C=O) groups excluding carboxylic acids is 1. The average molecular weight is 372 g/mol. The van der Waals surface area contributed by atoms with Gasteiger partial charge in [-0.05, 0) is 30.5 Å². The Hall–Kier alpha value is -1.88. The predicted octanol–water partition coefficient (Wildman–Crippen LogP) is 3.38. The summed E-state index contributed by atoms with van der Waals surface area (Å²) in [5, 5.41) is 7.12. The largest absolute Gasteiger partial charge is 0.351 e. The van der Waals surface area contributed by atoms with E-state index < -0.39 is 0 Å². The molecule has 1 heterocycles. The molecule has 1 aliphatic rings. The number of likely N-dealkylation sites (tertiary alicyclic amines) is 1. The zero-order chi connectivity index (χ0) is 18.4. The number of hydrogen-bond donors (Lipinski definition) is 2. The fraction of sp³-hybridized carbons (Fsp3) is 0.381. The van der Waals surface area contributed by atoms with Gasteiger partial charge in [-0.1, -0.05) is 60.1 Å². The standard InChI is InChI=1S/C21H26ClN3O/c1-16(19-9-5-6-10-20(19)22)23-13-21(26)24-18-11-12-25(15-18)14-17-7-3-2-4-8-17/h2-10,16,18,23H,11-15H2,1H3,(H,24,26)/t16-,18-/m1/s1. The summed E-state index contributed by atoms with van der Waals surface area (Å²) in [5.74, 6) is 0.0375. The molecule has 4 nitrogen and oxygen atoms in total. The van der Waals surface area contributed by atoms with E-state index in [1.165, 1.54) is 5.56 Å². The van der Waals surface area contributed by atoms with Crippen molar-refractivity contribution in [3.8, 4) is 0 Å². The van der Waals surface area contributed by atoms with Gasteiger partial charge in [-0.25, -0.2) is 0 Å². The lowest BCUT2D eigenvalue weighted by Crippen LogP contribution is -2.42. The Kier molecular flexibility index (Phi) is 6.67. The van der Waals surface area contributed by atoms with Crippen LogP contribution in [0.1, 0.15) is 30.5 Å². The maximum absolute atomic E-state index is 12.3. The monoisotopic (exact) mass is 371 g/mol. The zero-order valence-corrected chi connectivity index (χ0v) is 15.9. The van der Waals surface area contributed by atoms with Crippen LogP contribution >= 0.6 is 11.6 Å². The van der Waals surface area contributed by atoms with Gasteiger partial charge in [0.05, 0.1) is 6.54 Å². The summed E-state index contributed by atoms with van der Waals surface area (Å²) in [7, 11) is 0. The maximum Gasteiger partial charge on any atom is 0.234 e. The van der Waals surface area contributed by atoms with Crippen molar-refractivity contribution in [2.45, 2.75) is 32.0 Å². The van der Waals surface area contributed by atoms with E-state index in [2.05, 4.69) is 39.8 Å².